The van der Waals surface area contributed by atoms with E-state index in [-0.39, 0.29) is 17.5 Å². The monoisotopic (exact) mass is 388 g/mol. The topological polar surface area (TPSA) is 66.0 Å². The van der Waals surface area contributed by atoms with Crippen LogP contribution in [0.4, 0.5) is 0 Å². The third-order valence-corrected chi connectivity index (χ3v) is 5.25. The van der Waals surface area contributed by atoms with E-state index in [9.17, 15) is 10.1 Å². The van der Waals surface area contributed by atoms with Crippen LogP contribution in [0.1, 0.15) is 37.9 Å². The van der Waals surface area contributed by atoms with Crippen LogP contribution in [-0.4, -0.2) is 11.9 Å². The Morgan fingerprint density at radius 3 is 2.69 bits per heavy atom. The fraction of sp³-hybridized carbons (Fsp3) is 0.300. The standard InChI is InChI=1S/C20H18Cl2N2O2/c21-17-8-4-7-16(19(17)22)18-10-9-15(26-18)11-13(12-23)20(25)24-14-5-2-1-3-6-14/h4,7-11,14H,1-3,5-6H2,(H,24,25)/b13-11-. The van der Waals surface area contributed by atoms with Crippen molar-refractivity contribution in [2.24, 2.45) is 0 Å². The minimum absolute atomic E-state index is 0.0219. The van der Waals surface area contributed by atoms with Crippen molar-refractivity contribution in [2.75, 3.05) is 0 Å². The zero-order valence-corrected chi connectivity index (χ0v) is 15.6. The molecule has 1 saturated carbocycles. The first-order valence-electron chi connectivity index (χ1n) is 8.55. The maximum Gasteiger partial charge on any atom is 0.262 e. The molecule has 2 aromatic rings. The number of rotatable bonds is 4. The number of furan rings is 1. The zero-order valence-electron chi connectivity index (χ0n) is 14.1. The molecular formula is C20H18Cl2N2O2. The molecule has 1 aliphatic rings. The first kappa shape index (κ1) is 18.6. The van der Waals surface area contributed by atoms with E-state index in [1.54, 1.807) is 30.3 Å². The molecule has 0 aliphatic heterocycles. The van der Waals surface area contributed by atoms with Crippen LogP contribution in [0.25, 0.3) is 17.4 Å². The maximum absolute atomic E-state index is 12.3. The van der Waals surface area contributed by atoms with Crippen LogP contribution in [0.15, 0.2) is 40.3 Å². The lowest BCUT2D eigenvalue weighted by molar-refractivity contribution is -0.117. The minimum Gasteiger partial charge on any atom is -0.457 e. The number of nitriles is 1. The third-order valence-electron chi connectivity index (χ3n) is 4.44. The number of hydrogen-bond acceptors (Lipinski definition) is 3. The maximum atomic E-state index is 12.3. The summed E-state index contributed by atoms with van der Waals surface area (Å²) in [4.78, 5) is 12.3. The van der Waals surface area contributed by atoms with Crippen molar-refractivity contribution in [1.82, 2.24) is 5.32 Å². The van der Waals surface area contributed by atoms with Crippen molar-refractivity contribution >= 4 is 35.2 Å². The quantitative estimate of drug-likeness (QED) is 0.546. The fourth-order valence-corrected chi connectivity index (χ4v) is 3.46. The van der Waals surface area contributed by atoms with Crippen molar-refractivity contribution in [3.05, 3.63) is 51.7 Å². The number of hydrogen-bond donors (Lipinski definition) is 1. The normalized spacial score (nSPS) is 15.5. The molecule has 1 heterocycles. The highest BCUT2D eigenvalue weighted by atomic mass is 35.5. The number of nitrogens with one attached hydrogen (secondary N) is 1. The number of benzene rings is 1. The summed E-state index contributed by atoms with van der Waals surface area (Å²) in [7, 11) is 0. The van der Waals surface area contributed by atoms with E-state index in [1.165, 1.54) is 12.5 Å². The lowest BCUT2D eigenvalue weighted by atomic mass is 9.95. The lowest BCUT2D eigenvalue weighted by Crippen LogP contribution is -2.36. The SMILES string of the molecule is N#C/C(=C/c1ccc(-c2cccc(Cl)c2Cl)o1)C(=O)NC1CCCCC1. The Morgan fingerprint density at radius 2 is 1.96 bits per heavy atom. The second-order valence-electron chi connectivity index (χ2n) is 6.28. The highest BCUT2D eigenvalue weighted by Crippen LogP contribution is 2.34. The summed E-state index contributed by atoms with van der Waals surface area (Å²) in [6.07, 6.45) is 6.79. The van der Waals surface area contributed by atoms with Crippen LogP contribution in [0.3, 0.4) is 0 Å². The molecule has 1 fully saturated rings. The van der Waals surface area contributed by atoms with E-state index < -0.39 is 0 Å². The van der Waals surface area contributed by atoms with Crippen LogP contribution in [0.5, 0.6) is 0 Å². The molecule has 6 heteroatoms. The van der Waals surface area contributed by atoms with Crippen molar-refractivity contribution in [3.8, 4) is 17.4 Å². The second kappa shape index (κ2) is 8.44. The summed E-state index contributed by atoms with van der Waals surface area (Å²) in [5, 5.41) is 13.1. The molecule has 0 atom stereocenters. The Hall–Kier alpha value is -2.22. The molecule has 1 aliphatic carbocycles. The van der Waals surface area contributed by atoms with E-state index >= 15 is 0 Å². The molecule has 3 rings (SSSR count). The number of carbonyl (C=O) groups is 1. The van der Waals surface area contributed by atoms with Crippen molar-refractivity contribution in [1.29, 1.82) is 5.26 Å². The van der Waals surface area contributed by atoms with Gasteiger partial charge in [-0.05, 0) is 37.1 Å². The van der Waals surface area contributed by atoms with Gasteiger partial charge in [-0.3, -0.25) is 4.79 Å². The summed E-state index contributed by atoms with van der Waals surface area (Å²) >= 11 is 12.2. The van der Waals surface area contributed by atoms with Crippen molar-refractivity contribution in [3.63, 3.8) is 0 Å². The van der Waals surface area contributed by atoms with Gasteiger partial charge in [-0.25, -0.2) is 0 Å². The van der Waals surface area contributed by atoms with Crippen molar-refractivity contribution in [2.45, 2.75) is 38.1 Å². The van der Waals surface area contributed by atoms with E-state index in [0.717, 1.165) is 25.7 Å². The van der Waals surface area contributed by atoms with Gasteiger partial charge in [-0.2, -0.15) is 5.26 Å². The van der Waals surface area contributed by atoms with Gasteiger partial charge in [-0.1, -0.05) is 48.5 Å². The predicted octanol–water partition coefficient (Wildman–Crippen LogP) is 5.61. The number of carbonyl (C=O) groups excluding carboxylic acids is 1. The van der Waals surface area contributed by atoms with Crippen molar-refractivity contribution < 1.29 is 9.21 Å². The van der Waals surface area contributed by atoms with Gasteiger partial charge in [0.2, 0.25) is 0 Å². The molecule has 1 aromatic carbocycles. The molecule has 0 bridgehead atoms. The van der Waals surface area contributed by atoms with E-state index in [4.69, 9.17) is 27.6 Å². The van der Waals surface area contributed by atoms with Crippen LogP contribution in [0.2, 0.25) is 10.0 Å². The Balaban J connectivity index is 1.77. The van der Waals surface area contributed by atoms with Gasteiger partial charge in [0.25, 0.3) is 5.91 Å². The van der Waals surface area contributed by atoms with Crippen LogP contribution < -0.4 is 5.32 Å². The van der Waals surface area contributed by atoms with Crippen LogP contribution in [0, 0.1) is 11.3 Å². The fourth-order valence-electron chi connectivity index (χ4n) is 3.07. The van der Waals surface area contributed by atoms with Gasteiger partial charge in [0.05, 0.1) is 10.0 Å². The van der Waals surface area contributed by atoms with Gasteiger partial charge in [0.15, 0.2) is 0 Å². The average molecular weight is 389 g/mol. The average Bonchev–Trinajstić information content (AvgIpc) is 3.11. The molecular weight excluding hydrogens is 371 g/mol. The van der Waals surface area contributed by atoms with E-state index in [1.807, 2.05) is 6.07 Å². The van der Waals surface area contributed by atoms with E-state index in [0.29, 0.717) is 27.1 Å². The largest absolute Gasteiger partial charge is 0.457 e. The molecule has 1 amide bonds. The first-order valence-corrected chi connectivity index (χ1v) is 9.31. The predicted molar refractivity (Wildman–Crippen MR) is 103 cm³/mol. The highest BCUT2D eigenvalue weighted by Gasteiger charge is 2.18. The molecule has 4 nitrogen and oxygen atoms in total. The first-order chi connectivity index (χ1) is 12.6. The molecule has 1 N–H and O–H groups in total. The lowest BCUT2D eigenvalue weighted by Gasteiger charge is -2.22. The minimum atomic E-state index is -0.363. The number of amides is 1. The summed E-state index contributed by atoms with van der Waals surface area (Å²) in [5.41, 5.74) is 0.678. The van der Waals surface area contributed by atoms with Crippen LogP contribution in [-0.2, 0) is 4.79 Å². The summed E-state index contributed by atoms with van der Waals surface area (Å²) in [6.45, 7) is 0. The molecule has 0 unspecified atom stereocenters. The summed E-state index contributed by atoms with van der Waals surface area (Å²) in [5.74, 6) is 0.568. The third kappa shape index (κ3) is 4.30. The van der Waals surface area contributed by atoms with Crippen LogP contribution >= 0.6 is 23.2 Å². The Morgan fingerprint density at radius 1 is 1.19 bits per heavy atom. The molecule has 1 aromatic heterocycles. The Labute approximate surface area is 162 Å². The molecule has 134 valence electrons. The summed E-state index contributed by atoms with van der Waals surface area (Å²) in [6, 6.07) is 10.8. The molecule has 26 heavy (non-hydrogen) atoms. The van der Waals surface area contributed by atoms with Gasteiger partial charge in [0, 0.05) is 17.7 Å². The number of nitrogens with zero attached hydrogens (tertiary/aromatic N) is 1. The van der Waals surface area contributed by atoms with E-state index in [2.05, 4.69) is 5.32 Å². The van der Waals surface area contributed by atoms with Gasteiger partial charge in [0.1, 0.15) is 23.2 Å². The second-order valence-corrected chi connectivity index (χ2v) is 7.07. The summed E-state index contributed by atoms with van der Waals surface area (Å²) < 4.78 is 5.73. The smallest absolute Gasteiger partial charge is 0.262 e. The number of halogens is 2. The van der Waals surface area contributed by atoms with Gasteiger partial charge in [-0.15, -0.1) is 0 Å². The van der Waals surface area contributed by atoms with Gasteiger partial charge >= 0.3 is 0 Å². The Kier molecular flexibility index (Phi) is 6.03. The zero-order chi connectivity index (χ0) is 18.5. The van der Waals surface area contributed by atoms with Gasteiger partial charge < -0.3 is 9.73 Å². The molecule has 0 radical (unpaired) electrons. The molecule has 0 spiro atoms. The molecule has 0 saturated heterocycles. The highest BCUT2D eigenvalue weighted by molar-refractivity contribution is 6.43. The Bertz CT molecular complexity index is 874.